The van der Waals surface area contributed by atoms with Crippen molar-refractivity contribution in [3.8, 4) is 18.1 Å². The Morgan fingerprint density at radius 2 is 1.31 bits per heavy atom. The molecule has 414 valence electrons. The van der Waals surface area contributed by atoms with E-state index < -0.39 is 56.3 Å². The molecule has 0 spiro atoms. The first-order valence-electron chi connectivity index (χ1n) is 28.6. The van der Waals surface area contributed by atoms with Crippen molar-refractivity contribution in [1.82, 2.24) is 24.6 Å². The Balaban J connectivity index is 1.18. The van der Waals surface area contributed by atoms with Gasteiger partial charge < -0.3 is 24.5 Å². The van der Waals surface area contributed by atoms with Gasteiger partial charge in [0.05, 0.1) is 12.9 Å². The molecule has 0 saturated carbocycles. The Bertz CT molecular complexity index is 2320. The minimum atomic E-state index is -4.58. The lowest BCUT2D eigenvalue weighted by molar-refractivity contribution is -0.158. The first-order chi connectivity index (χ1) is 36.6. The quantitative estimate of drug-likeness (QED) is 0.0141. The van der Waals surface area contributed by atoms with Crippen LogP contribution in [-0.2, 0) is 39.3 Å². The molecule has 1 aliphatic rings. The molecule has 4 unspecified atom stereocenters. The molecule has 3 heterocycles. The fraction of sp³-hybridized carbons (Fsp3) is 0.644. The van der Waals surface area contributed by atoms with E-state index in [1.807, 2.05) is 30.3 Å². The second-order valence-corrected chi connectivity index (χ2v) is 22.0. The predicted octanol–water partition coefficient (Wildman–Crippen LogP) is 14.7. The summed E-state index contributed by atoms with van der Waals surface area (Å²) >= 11 is 0. The van der Waals surface area contributed by atoms with Crippen molar-refractivity contribution in [1.29, 1.82) is 0 Å². The monoisotopic (exact) mass is 1060 g/mol. The Kier molecular flexibility index (Phi) is 28.2. The smallest absolute Gasteiger partial charge is 0.459 e. The van der Waals surface area contributed by atoms with E-state index in [9.17, 15) is 14.0 Å². The molecule has 1 fully saturated rings. The molecule has 0 amide bonds. The van der Waals surface area contributed by atoms with Crippen molar-refractivity contribution >= 4 is 36.7 Å². The first-order valence-corrected chi connectivity index (χ1v) is 30.1. The number of hydrogen-bond donors (Lipinski definition) is 2. The number of unbranched alkanes of at least 4 members (excludes halogenated alkanes) is 25. The molecule has 5 atom stereocenters. The van der Waals surface area contributed by atoms with E-state index in [0.717, 1.165) is 56.9 Å². The van der Waals surface area contributed by atoms with Crippen LogP contribution in [0.2, 0.25) is 0 Å². The van der Waals surface area contributed by atoms with Crippen LogP contribution in [0, 0.1) is 18.4 Å². The fourth-order valence-corrected chi connectivity index (χ4v) is 11.2. The second kappa shape index (κ2) is 34.7. The molecule has 0 aliphatic carbocycles. The minimum absolute atomic E-state index is 0.0318. The number of nitrogens with zero attached hydrogens (tertiary/aromatic N) is 4. The number of rotatable bonds is 41. The summed E-state index contributed by atoms with van der Waals surface area (Å²) in [6, 6.07) is 16.5. The summed E-state index contributed by atoms with van der Waals surface area (Å²) < 4.78 is 62.1. The lowest BCUT2D eigenvalue weighted by Crippen LogP contribution is -2.46. The molecule has 75 heavy (non-hydrogen) atoms. The van der Waals surface area contributed by atoms with Gasteiger partial charge in [0.25, 0.3) is 0 Å². The summed E-state index contributed by atoms with van der Waals surface area (Å²) in [5.74, 6) is 1.52. The molecule has 5 rings (SSSR count). The van der Waals surface area contributed by atoms with Crippen molar-refractivity contribution in [2.45, 2.75) is 230 Å². The number of carbonyl (C=O) groups is 2. The Labute approximate surface area is 447 Å². The highest BCUT2D eigenvalue weighted by molar-refractivity contribution is 7.52. The van der Waals surface area contributed by atoms with Crippen LogP contribution in [0.3, 0.4) is 0 Å². The highest BCUT2D eigenvalue weighted by Gasteiger charge is 2.53. The van der Waals surface area contributed by atoms with Gasteiger partial charge in [-0.2, -0.15) is 19.4 Å². The number of para-hydroxylation sites is 1. The van der Waals surface area contributed by atoms with Gasteiger partial charge in [0, 0.05) is 12.8 Å². The lowest BCUT2D eigenvalue weighted by atomic mass is 9.98. The topological polar surface area (TPSA) is 179 Å². The number of terminal acetylenes is 1. The zero-order valence-corrected chi connectivity index (χ0v) is 46.1. The average Bonchev–Trinajstić information content (AvgIpc) is 4.00. The van der Waals surface area contributed by atoms with Crippen LogP contribution in [0.25, 0.3) is 11.2 Å². The lowest BCUT2D eigenvalue weighted by Gasteiger charge is -2.31. The van der Waals surface area contributed by atoms with Crippen molar-refractivity contribution in [2.24, 2.45) is 0 Å². The third kappa shape index (κ3) is 22.0. The maximum absolute atomic E-state index is 15.2. The SMILES string of the molecule is C#CC1(COP(=O)(N[C@@H](Cc2ccccc2)C(=O)OCCCCCCCCCCCCCCCCCCCCCC)Oc2ccccc2)OC(n2cnc3c(N)nc(F)nc32)CC1OC(=O)CCCCCCCCC. The maximum atomic E-state index is 15.2. The van der Waals surface area contributed by atoms with Crippen molar-refractivity contribution in [3.05, 3.63) is 78.6 Å². The third-order valence-corrected chi connectivity index (χ3v) is 15.6. The molecule has 2 aromatic carbocycles. The van der Waals surface area contributed by atoms with Crippen LogP contribution >= 0.6 is 7.75 Å². The first kappa shape index (κ1) is 61.0. The number of hydrogen-bond acceptors (Lipinski definition) is 12. The van der Waals surface area contributed by atoms with Crippen molar-refractivity contribution in [3.63, 3.8) is 0 Å². The number of halogens is 1. The molecule has 3 N–H and O–H groups in total. The number of aromatic nitrogens is 4. The number of nitrogens with two attached hydrogens (primary N) is 1. The summed E-state index contributed by atoms with van der Waals surface area (Å²) in [6.45, 7) is 4.01. The van der Waals surface area contributed by atoms with Gasteiger partial charge in [-0.3, -0.25) is 18.7 Å². The van der Waals surface area contributed by atoms with E-state index in [1.165, 1.54) is 120 Å². The molecular formula is C59H88FN6O8P. The Morgan fingerprint density at radius 3 is 1.85 bits per heavy atom. The number of carbonyl (C=O) groups excluding carboxylic acids is 2. The molecular weight excluding hydrogens is 971 g/mol. The van der Waals surface area contributed by atoms with E-state index in [1.54, 1.807) is 30.3 Å². The molecule has 0 radical (unpaired) electrons. The number of nitrogen functional groups attached to an aromatic ring is 1. The van der Waals surface area contributed by atoms with Crippen LogP contribution in [-0.4, -0.2) is 62.4 Å². The van der Waals surface area contributed by atoms with Gasteiger partial charge in [-0.05, 0) is 37.0 Å². The van der Waals surface area contributed by atoms with Gasteiger partial charge in [0.15, 0.2) is 22.6 Å². The number of nitrogens with one attached hydrogen (secondary N) is 1. The summed E-state index contributed by atoms with van der Waals surface area (Å²) in [7, 11) is -4.58. The van der Waals surface area contributed by atoms with E-state index in [2.05, 4.69) is 39.8 Å². The van der Waals surface area contributed by atoms with Crippen LogP contribution in [0.5, 0.6) is 5.75 Å². The summed E-state index contributed by atoms with van der Waals surface area (Å²) in [5, 5.41) is 2.91. The van der Waals surface area contributed by atoms with E-state index in [0.29, 0.717) is 12.8 Å². The molecule has 1 aliphatic heterocycles. The third-order valence-electron chi connectivity index (χ3n) is 14.1. The zero-order chi connectivity index (χ0) is 53.4. The van der Waals surface area contributed by atoms with Gasteiger partial charge in [-0.15, -0.1) is 6.42 Å². The van der Waals surface area contributed by atoms with Crippen LogP contribution in [0.1, 0.15) is 212 Å². The standard InChI is InChI=1S/C59H88FN6O8P/c1-4-7-9-11-13-14-15-16-17-18-19-20-21-22-23-24-25-27-29-37-43-70-57(68)50(44-48-38-32-30-33-39-48)65-75(69,74-49-40-34-31-35-41-49)71-46-59(6-3)51(72-53(67)42-36-28-26-12-10-8-5-2)45-52(73-59)66-47-62-54-55(61)63-58(60)64-56(54)66/h3,30-35,38-41,47,50-52H,4-5,7-29,36-37,42-46H2,1-2H3,(H,65,69)(H2,61,63,64)/t50-,51?,52?,59?,75?/m0/s1. The molecule has 2 aromatic heterocycles. The number of imidazole rings is 1. The number of benzene rings is 2. The summed E-state index contributed by atoms with van der Waals surface area (Å²) in [6.07, 6.45) is 37.1. The zero-order valence-electron chi connectivity index (χ0n) is 45.2. The van der Waals surface area contributed by atoms with Gasteiger partial charge in [0.1, 0.15) is 30.7 Å². The van der Waals surface area contributed by atoms with E-state index in [4.69, 9.17) is 35.4 Å². The van der Waals surface area contributed by atoms with Gasteiger partial charge >= 0.3 is 25.8 Å². The van der Waals surface area contributed by atoms with Crippen molar-refractivity contribution < 1.29 is 41.8 Å². The predicted molar refractivity (Wildman–Crippen MR) is 295 cm³/mol. The maximum Gasteiger partial charge on any atom is 0.459 e. The number of ether oxygens (including phenoxy) is 3. The largest absolute Gasteiger partial charge is 0.465 e. The Hall–Kier alpha value is -4.87. The van der Waals surface area contributed by atoms with Crippen LogP contribution < -0.4 is 15.3 Å². The average molecular weight is 1060 g/mol. The van der Waals surface area contributed by atoms with Gasteiger partial charge in [0.2, 0.25) is 0 Å². The van der Waals surface area contributed by atoms with E-state index >= 15 is 4.57 Å². The minimum Gasteiger partial charge on any atom is -0.465 e. The summed E-state index contributed by atoms with van der Waals surface area (Å²) in [5.41, 5.74) is 5.06. The second-order valence-electron chi connectivity index (χ2n) is 20.3. The molecule has 0 bridgehead atoms. The van der Waals surface area contributed by atoms with Gasteiger partial charge in [-0.1, -0.05) is 229 Å². The molecule has 16 heteroatoms. The number of anilines is 1. The van der Waals surface area contributed by atoms with Crippen molar-refractivity contribution in [2.75, 3.05) is 18.9 Å². The normalized spacial score (nSPS) is 17.6. The van der Waals surface area contributed by atoms with Crippen LogP contribution in [0.15, 0.2) is 67.0 Å². The van der Waals surface area contributed by atoms with Crippen LogP contribution in [0.4, 0.5) is 10.2 Å². The number of esters is 2. The molecule has 4 aromatic rings. The Morgan fingerprint density at radius 1 is 0.787 bits per heavy atom. The molecule has 1 saturated heterocycles. The van der Waals surface area contributed by atoms with E-state index in [-0.39, 0.29) is 48.6 Å². The highest BCUT2D eigenvalue weighted by Crippen LogP contribution is 2.49. The van der Waals surface area contributed by atoms with Gasteiger partial charge in [-0.25, -0.2) is 9.55 Å². The highest BCUT2D eigenvalue weighted by atomic mass is 31.2. The number of fused-ring (bicyclic) bond motifs is 1. The molecule has 14 nitrogen and oxygen atoms in total. The summed E-state index contributed by atoms with van der Waals surface area (Å²) in [4.78, 5) is 39.4. The fourth-order valence-electron chi connectivity index (χ4n) is 9.66.